The third kappa shape index (κ3) is 6.45. The van der Waals surface area contributed by atoms with Crippen LogP contribution in [0.4, 0.5) is 4.79 Å². The van der Waals surface area contributed by atoms with Gasteiger partial charge in [-0.05, 0) is 23.3 Å². The minimum Gasteiger partial charge on any atom is -0.494 e. The molecule has 138 valence electrons. The fourth-order valence-electron chi connectivity index (χ4n) is 2.15. The van der Waals surface area contributed by atoms with Crippen LogP contribution in [0.2, 0.25) is 0 Å². The molecule has 2 aromatic rings. The number of nitrogens with one attached hydrogen (secondary N) is 1. The highest BCUT2D eigenvalue weighted by Gasteiger charge is 2.20. The first-order chi connectivity index (χ1) is 12.6. The summed E-state index contributed by atoms with van der Waals surface area (Å²) in [5.74, 6) is -0.612. The van der Waals surface area contributed by atoms with Gasteiger partial charge < -0.3 is 25.0 Å². The average Bonchev–Trinajstić information content (AvgIpc) is 2.67. The number of carbonyl (C=O) groups is 2. The predicted molar refractivity (Wildman–Crippen MR) is 93.7 cm³/mol. The van der Waals surface area contributed by atoms with Crippen molar-refractivity contribution >= 4 is 12.1 Å². The molecule has 0 radical (unpaired) electrons. The Hall–Kier alpha value is -3.06. The third-order valence-electron chi connectivity index (χ3n) is 3.58. The van der Waals surface area contributed by atoms with E-state index < -0.39 is 18.1 Å². The van der Waals surface area contributed by atoms with Crippen molar-refractivity contribution in [2.24, 2.45) is 0 Å². The number of benzene rings is 2. The van der Waals surface area contributed by atoms with Gasteiger partial charge in [0.1, 0.15) is 18.4 Å². The second-order valence-electron chi connectivity index (χ2n) is 5.54. The first kappa shape index (κ1) is 19.3. The highest BCUT2D eigenvalue weighted by atomic mass is 16.5. The van der Waals surface area contributed by atoms with Gasteiger partial charge in [-0.15, -0.1) is 0 Å². The van der Waals surface area contributed by atoms with E-state index in [1.54, 1.807) is 36.4 Å². The number of alkyl carbamates (subject to hydrolysis) is 1. The topological polar surface area (TPSA) is 105 Å². The van der Waals surface area contributed by atoms with Gasteiger partial charge in [-0.2, -0.15) is 0 Å². The highest BCUT2D eigenvalue weighted by molar-refractivity contribution is 5.79. The SMILES string of the molecule is O=C(N[C@@H](CCOc1ccc(CO)cc1)C(=O)O)OCc1ccccc1. The summed E-state index contributed by atoms with van der Waals surface area (Å²) in [6.45, 7) is 0.109. The van der Waals surface area contributed by atoms with Crippen molar-refractivity contribution in [3.05, 3.63) is 65.7 Å². The van der Waals surface area contributed by atoms with Crippen LogP contribution in [0.25, 0.3) is 0 Å². The van der Waals surface area contributed by atoms with Crippen LogP contribution in [-0.4, -0.2) is 34.9 Å². The number of aliphatic hydroxyl groups is 1. The summed E-state index contributed by atoms with van der Waals surface area (Å²) >= 11 is 0. The largest absolute Gasteiger partial charge is 0.494 e. The van der Waals surface area contributed by atoms with E-state index in [1.807, 2.05) is 18.2 Å². The van der Waals surface area contributed by atoms with Crippen molar-refractivity contribution in [2.75, 3.05) is 6.61 Å². The molecular weight excluding hydrogens is 338 g/mol. The summed E-state index contributed by atoms with van der Waals surface area (Å²) in [5, 5.41) is 20.5. The van der Waals surface area contributed by atoms with Crippen LogP contribution >= 0.6 is 0 Å². The van der Waals surface area contributed by atoms with Gasteiger partial charge in [-0.3, -0.25) is 0 Å². The number of carboxylic acids is 1. The smallest absolute Gasteiger partial charge is 0.408 e. The van der Waals surface area contributed by atoms with E-state index in [2.05, 4.69) is 5.32 Å². The zero-order valence-corrected chi connectivity index (χ0v) is 14.1. The van der Waals surface area contributed by atoms with Crippen molar-refractivity contribution in [1.29, 1.82) is 0 Å². The normalized spacial score (nSPS) is 11.4. The molecule has 1 amide bonds. The van der Waals surface area contributed by atoms with Crippen LogP contribution in [0.1, 0.15) is 17.5 Å². The number of ether oxygens (including phenoxy) is 2. The number of aliphatic hydroxyl groups excluding tert-OH is 1. The monoisotopic (exact) mass is 359 g/mol. The average molecular weight is 359 g/mol. The third-order valence-corrected chi connectivity index (χ3v) is 3.58. The van der Waals surface area contributed by atoms with Gasteiger partial charge in [0, 0.05) is 6.42 Å². The molecule has 26 heavy (non-hydrogen) atoms. The lowest BCUT2D eigenvalue weighted by Crippen LogP contribution is -2.42. The van der Waals surface area contributed by atoms with Gasteiger partial charge in [-0.25, -0.2) is 9.59 Å². The number of rotatable bonds is 9. The minimum atomic E-state index is -1.17. The Labute approximate surface area is 151 Å². The van der Waals surface area contributed by atoms with Crippen LogP contribution in [0.5, 0.6) is 5.75 Å². The van der Waals surface area contributed by atoms with Crippen LogP contribution in [0.15, 0.2) is 54.6 Å². The molecule has 0 aromatic heterocycles. The van der Waals surface area contributed by atoms with Crippen molar-refractivity contribution in [1.82, 2.24) is 5.32 Å². The second kappa shape index (κ2) is 10.0. The molecule has 0 unspecified atom stereocenters. The molecule has 0 fully saturated rings. The maximum absolute atomic E-state index is 11.8. The zero-order valence-electron chi connectivity index (χ0n) is 14.1. The Kier molecular flexibility index (Phi) is 7.45. The minimum absolute atomic E-state index is 0.0591. The molecule has 0 bridgehead atoms. The lowest BCUT2D eigenvalue weighted by Gasteiger charge is -2.15. The zero-order chi connectivity index (χ0) is 18.8. The molecule has 0 saturated heterocycles. The molecule has 3 N–H and O–H groups in total. The van der Waals surface area contributed by atoms with E-state index in [0.29, 0.717) is 5.75 Å². The Bertz CT molecular complexity index is 702. The van der Waals surface area contributed by atoms with E-state index in [4.69, 9.17) is 14.6 Å². The lowest BCUT2D eigenvalue weighted by atomic mass is 10.2. The van der Waals surface area contributed by atoms with Gasteiger partial charge in [0.05, 0.1) is 13.2 Å². The van der Waals surface area contributed by atoms with Crippen LogP contribution in [0.3, 0.4) is 0 Å². The Morgan fingerprint density at radius 2 is 1.69 bits per heavy atom. The molecule has 0 aliphatic carbocycles. The Morgan fingerprint density at radius 3 is 2.31 bits per heavy atom. The molecule has 0 spiro atoms. The fourth-order valence-corrected chi connectivity index (χ4v) is 2.15. The molecular formula is C19H21NO6. The van der Waals surface area contributed by atoms with Gasteiger partial charge in [0.15, 0.2) is 0 Å². The fraction of sp³-hybridized carbons (Fsp3) is 0.263. The van der Waals surface area contributed by atoms with Crippen molar-refractivity contribution in [3.8, 4) is 5.75 Å². The molecule has 0 aliphatic heterocycles. The molecule has 0 heterocycles. The van der Waals surface area contributed by atoms with Crippen molar-refractivity contribution < 1.29 is 29.3 Å². The molecule has 7 heteroatoms. The molecule has 2 aromatic carbocycles. The van der Waals surface area contributed by atoms with Crippen LogP contribution in [-0.2, 0) is 22.7 Å². The molecule has 0 saturated carbocycles. The van der Waals surface area contributed by atoms with Gasteiger partial charge in [0.25, 0.3) is 0 Å². The number of carbonyl (C=O) groups excluding carboxylic acids is 1. The lowest BCUT2D eigenvalue weighted by molar-refractivity contribution is -0.139. The van der Waals surface area contributed by atoms with E-state index in [9.17, 15) is 14.7 Å². The maximum Gasteiger partial charge on any atom is 0.408 e. The van der Waals surface area contributed by atoms with Gasteiger partial charge in [0.2, 0.25) is 0 Å². The highest BCUT2D eigenvalue weighted by Crippen LogP contribution is 2.12. The van der Waals surface area contributed by atoms with Gasteiger partial charge >= 0.3 is 12.1 Å². The second-order valence-corrected chi connectivity index (χ2v) is 5.54. The van der Waals surface area contributed by atoms with Crippen LogP contribution in [0, 0.1) is 0 Å². The molecule has 2 rings (SSSR count). The van der Waals surface area contributed by atoms with Crippen molar-refractivity contribution in [3.63, 3.8) is 0 Å². The van der Waals surface area contributed by atoms with E-state index in [-0.39, 0.29) is 26.2 Å². The van der Waals surface area contributed by atoms with E-state index in [1.165, 1.54) is 0 Å². The summed E-state index contributed by atoms with van der Waals surface area (Å²) in [6.07, 6.45) is -0.717. The molecule has 0 aliphatic rings. The summed E-state index contributed by atoms with van der Waals surface area (Å²) < 4.78 is 10.5. The summed E-state index contributed by atoms with van der Waals surface area (Å²) in [5.41, 5.74) is 1.56. The molecule has 7 nitrogen and oxygen atoms in total. The first-order valence-electron chi connectivity index (χ1n) is 8.11. The number of hydrogen-bond acceptors (Lipinski definition) is 5. The Balaban J connectivity index is 1.76. The summed E-state index contributed by atoms with van der Waals surface area (Å²) in [4.78, 5) is 23.1. The summed E-state index contributed by atoms with van der Waals surface area (Å²) in [7, 11) is 0. The molecule has 1 atom stereocenters. The maximum atomic E-state index is 11.8. The van der Waals surface area contributed by atoms with Crippen LogP contribution < -0.4 is 10.1 Å². The summed E-state index contributed by atoms with van der Waals surface area (Å²) in [6, 6.07) is 14.8. The van der Waals surface area contributed by atoms with E-state index in [0.717, 1.165) is 11.1 Å². The predicted octanol–water partition coefficient (Wildman–Crippen LogP) is 2.33. The number of carboxylic acid groups (broad SMARTS) is 1. The number of aliphatic carboxylic acids is 1. The first-order valence-corrected chi connectivity index (χ1v) is 8.11. The standard InChI is InChI=1S/C19H21NO6/c21-12-14-6-8-16(9-7-14)25-11-10-17(18(22)23)20-19(24)26-13-15-4-2-1-3-5-15/h1-9,17,21H,10-13H2,(H,20,24)(H,22,23)/t17-/m0/s1. The van der Waals surface area contributed by atoms with E-state index >= 15 is 0 Å². The quantitative estimate of drug-likeness (QED) is 0.635. The Morgan fingerprint density at radius 1 is 1.00 bits per heavy atom. The van der Waals surface area contributed by atoms with Gasteiger partial charge in [-0.1, -0.05) is 42.5 Å². The number of amides is 1. The number of hydrogen-bond donors (Lipinski definition) is 3. The van der Waals surface area contributed by atoms with Crippen molar-refractivity contribution in [2.45, 2.75) is 25.7 Å².